The van der Waals surface area contributed by atoms with Gasteiger partial charge in [0.1, 0.15) is 0 Å². The van der Waals surface area contributed by atoms with E-state index in [-0.39, 0.29) is 10.9 Å². The Labute approximate surface area is 161 Å². The van der Waals surface area contributed by atoms with Crippen LogP contribution in [0, 0.1) is 30.0 Å². The molecular weight excluding hydrogens is 369 g/mol. The van der Waals surface area contributed by atoms with Gasteiger partial charge >= 0.3 is 0 Å². The number of aromatic hydroxyl groups is 1. The van der Waals surface area contributed by atoms with Gasteiger partial charge in [-0.1, -0.05) is 36.6 Å². The van der Waals surface area contributed by atoms with E-state index in [9.17, 15) is 14.8 Å². The van der Waals surface area contributed by atoms with E-state index < -0.39 is 11.6 Å². The summed E-state index contributed by atoms with van der Waals surface area (Å²) in [5.74, 6) is -1.59. The van der Waals surface area contributed by atoms with Crippen LogP contribution < -0.4 is 0 Å². The standard InChI is InChI=1S/C21H19ClFNOS/c1-3-4-13-7-15(11-24)19(21-12(2)5-6-26-21)16(8-13)14-9-17(22)20(25)18(23)10-14/h5-6,8-10,15,25H,3-4,7H2,1-2H3. The molecule has 0 aliphatic heterocycles. The SMILES string of the molecule is CCCC1=CC(c2cc(F)c(O)c(Cl)c2)=C(c2sccc2C)C(C#N)C1. The molecule has 1 aliphatic rings. The number of hydrogen-bond acceptors (Lipinski definition) is 3. The number of allylic oxidation sites excluding steroid dienone is 4. The van der Waals surface area contributed by atoms with Gasteiger partial charge in [0, 0.05) is 4.88 Å². The summed E-state index contributed by atoms with van der Waals surface area (Å²) in [4.78, 5) is 1.04. The zero-order valence-electron chi connectivity index (χ0n) is 14.6. The predicted molar refractivity (Wildman–Crippen MR) is 106 cm³/mol. The van der Waals surface area contributed by atoms with Gasteiger partial charge in [0.05, 0.1) is 17.0 Å². The normalized spacial score (nSPS) is 17.2. The number of nitrogens with zero attached hydrogens (tertiary/aromatic N) is 1. The van der Waals surface area contributed by atoms with Crippen LogP contribution in [-0.2, 0) is 0 Å². The summed E-state index contributed by atoms with van der Waals surface area (Å²) < 4.78 is 14.1. The summed E-state index contributed by atoms with van der Waals surface area (Å²) in [6.45, 7) is 4.11. The van der Waals surface area contributed by atoms with E-state index in [1.54, 1.807) is 17.4 Å². The summed E-state index contributed by atoms with van der Waals surface area (Å²) >= 11 is 7.60. The van der Waals surface area contributed by atoms with E-state index in [1.165, 1.54) is 11.6 Å². The lowest BCUT2D eigenvalue weighted by Crippen LogP contribution is -2.10. The number of phenolic OH excluding ortho intramolecular Hbond substituents is 1. The van der Waals surface area contributed by atoms with E-state index in [1.807, 2.05) is 18.4 Å². The van der Waals surface area contributed by atoms with Gasteiger partial charge in [0.15, 0.2) is 11.6 Å². The second-order valence-electron chi connectivity index (χ2n) is 6.49. The number of thiophene rings is 1. The van der Waals surface area contributed by atoms with Gasteiger partial charge in [-0.2, -0.15) is 5.26 Å². The van der Waals surface area contributed by atoms with Crippen molar-refractivity contribution < 1.29 is 9.50 Å². The molecule has 1 aliphatic carbocycles. The topological polar surface area (TPSA) is 44.0 Å². The number of rotatable bonds is 4. The maximum Gasteiger partial charge on any atom is 0.170 e. The first-order chi connectivity index (χ1) is 12.5. The first-order valence-electron chi connectivity index (χ1n) is 8.52. The molecule has 1 aromatic carbocycles. The molecule has 2 aromatic rings. The van der Waals surface area contributed by atoms with Crippen LogP contribution in [0.25, 0.3) is 11.1 Å². The zero-order chi connectivity index (χ0) is 18.8. The molecule has 26 heavy (non-hydrogen) atoms. The van der Waals surface area contributed by atoms with Crippen LogP contribution >= 0.6 is 22.9 Å². The van der Waals surface area contributed by atoms with Gasteiger partial charge in [-0.25, -0.2) is 4.39 Å². The van der Waals surface area contributed by atoms with E-state index >= 15 is 0 Å². The van der Waals surface area contributed by atoms with Gasteiger partial charge in [-0.15, -0.1) is 11.3 Å². The molecule has 1 N–H and O–H groups in total. The molecule has 0 bridgehead atoms. The van der Waals surface area contributed by atoms with E-state index in [2.05, 4.69) is 19.1 Å². The third-order valence-electron chi connectivity index (χ3n) is 4.61. The number of benzene rings is 1. The van der Waals surface area contributed by atoms with Crippen LogP contribution in [0.5, 0.6) is 5.75 Å². The quantitative estimate of drug-likeness (QED) is 0.631. The van der Waals surface area contributed by atoms with Crippen molar-refractivity contribution in [1.29, 1.82) is 5.26 Å². The van der Waals surface area contributed by atoms with Crippen LogP contribution in [0.4, 0.5) is 4.39 Å². The van der Waals surface area contributed by atoms with Crippen molar-refractivity contribution in [3.8, 4) is 11.8 Å². The van der Waals surface area contributed by atoms with Gasteiger partial charge in [-0.3, -0.25) is 0 Å². The van der Waals surface area contributed by atoms with Crippen molar-refractivity contribution in [3.05, 3.63) is 62.1 Å². The highest BCUT2D eigenvalue weighted by atomic mass is 35.5. The Morgan fingerprint density at radius 1 is 1.42 bits per heavy atom. The largest absolute Gasteiger partial charge is 0.504 e. The Bertz CT molecular complexity index is 928. The minimum atomic E-state index is -0.758. The molecule has 1 unspecified atom stereocenters. The molecule has 0 fully saturated rings. The van der Waals surface area contributed by atoms with E-state index in [0.717, 1.165) is 34.4 Å². The summed E-state index contributed by atoms with van der Waals surface area (Å²) in [6, 6.07) is 7.31. The molecule has 0 saturated heterocycles. The monoisotopic (exact) mass is 387 g/mol. The van der Waals surface area contributed by atoms with E-state index in [0.29, 0.717) is 12.0 Å². The zero-order valence-corrected chi connectivity index (χ0v) is 16.2. The molecule has 2 nitrogen and oxygen atoms in total. The molecule has 0 amide bonds. The molecule has 0 saturated carbocycles. The smallest absolute Gasteiger partial charge is 0.170 e. The maximum atomic E-state index is 14.1. The summed E-state index contributed by atoms with van der Waals surface area (Å²) in [5.41, 5.74) is 4.59. The molecular formula is C21H19ClFNOS. The lowest BCUT2D eigenvalue weighted by atomic mass is 9.79. The molecule has 5 heteroatoms. The second kappa shape index (κ2) is 7.65. The predicted octanol–water partition coefficient (Wildman–Crippen LogP) is 6.74. The Morgan fingerprint density at radius 3 is 2.77 bits per heavy atom. The summed E-state index contributed by atoms with van der Waals surface area (Å²) in [7, 11) is 0. The number of hydrogen-bond donors (Lipinski definition) is 1. The van der Waals surface area contributed by atoms with Crippen molar-refractivity contribution in [1.82, 2.24) is 0 Å². The Kier molecular flexibility index (Phi) is 5.50. The molecule has 134 valence electrons. The number of phenols is 1. The Balaban J connectivity index is 2.30. The van der Waals surface area contributed by atoms with Crippen molar-refractivity contribution in [2.75, 3.05) is 0 Å². The second-order valence-corrected chi connectivity index (χ2v) is 7.81. The fourth-order valence-corrected chi connectivity index (χ4v) is 4.64. The van der Waals surface area contributed by atoms with Crippen molar-refractivity contribution in [3.63, 3.8) is 0 Å². The lowest BCUT2D eigenvalue weighted by Gasteiger charge is -2.25. The van der Waals surface area contributed by atoms with Crippen molar-refractivity contribution in [2.24, 2.45) is 5.92 Å². The summed E-state index contributed by atoms with van der Waals surface area (Å²) in [6.07, 6.45) is 4.63. The molecule has 0 radical (unpaired) electrons. The highest BCUT2D eigenvalue weighted by Crippen LogP contribution is 2.45. The van der Waals surface area contributed by atoms with Gasteiger partial charge in [0.25, 0.3) is 0 Å². The molecule has 1 heterocycles. The number of halogens is 2. The van der Waals surface area contributed by atoms with Crippen LogP contribution in [0.2, 0.25) is 5.02 Å². The first-order valence-corrected chi connectivity index (χ1v) is 9.78. The fraction of sp³-hybridized carbons (Fsp3) is 0.286. The third-order valence-corrected chi connectivity index (χ3v) is 5.95. The number of nitriles is 1. The van der Waals surface area contributed by atoms with Crippen LogP contribution in [0.15, 0.2) is 35.2 Å². The molecule has 0 spiro atoms. The molecule has 3 rings (SSSR count). The Morgan fingerprint density at radius 2 is 2.19 bits per heavy atom. The van der Waals surface area contributed by atoms with Gasteiger partial charge in [0.2, 0.25) is 0 Å². The minimum Gasteiger partial charge on any atom is -0.504 e. The average Bonchev–Trinajstić information content (AvgIpc) is 3.04. The van der Waals surface area contributed by atoms with E-state index in [4.69, 9.17) is 11.6 Å². The molecule has 1 aromatic heterocycles. The van der Waals surface area contributed by atoms with Crippen LogP contribution in [0.1, 0.15) is 42.2 Å². The average molecular weight is 388 g/mol. The summed E-state index contributed by atoms with van der Waals surface area (Å²) in [5, 5.41) is 21.4. The van der Waals surface area contributed by atoms with Crippen molar-refractivity contribution >= 4 is 34.1 Å². The van der Waals surface area contributed by atoms with Gasteiger partial charge in [-0.05, 0) is 65.6 Å². The van der Waals surface area contributed by atoms with Crippen molar-refractivity contribution in [2.45, 2.75) is 33.1 Å². The van der Waals surface area contributed by atoms with Gasteiger partial charge < -0.3 is 5.11 Å². The minimum absolute atomic E-state index is 0.0284. The van der Waals surface area contributed by atoms with Crippen LogP contribution in [-0.4, -0.2) is 5.11 Å². The highest BCUT2D eigenvalue weighted by molar-refractivity contribution is 7.11. The fourth-order valence-electron chi connectivity index (χ4n) is 3.39. The number of aryl methyl sites for hydroxylation is 1. The lowest BCUT2D eigenvalue weighted by molar-refractivity contribution is 0.432. The Hall–Kier alpha value is -2.09. The third kappa shape index (κ3) is 3.42. The molecule has 1 atom stereocenters. The highest BCUT2D eigenvalue weighted by Gasteiger charge is 2.28. The maximum absolute atomic E-state index is 14.1. The first kappa shape index (κ1) is 18.7. The van der Waals surface area contributed by atoms with Crippen LogP contribution in [0.3, 0.4) is 0 Å².